The quantitative estimate of drug-likeness (QED) is 0.923. The first kappa shape index (κ1) is 14.7. The molecule has 0 bridgehead atoms. The van der Waals surface area contributed by atoms with Gasteiger partial charge in [-0.3, -0.25) is 9.89 Å². The fraction of sp³-hybridized carbons (Fsp3) is 0.375. The number of benzene rings is 1. The van der Waals surface area contributed by atoms with Crippen LogP contribution in [0.1, 0.15) is 17.4 Å². The number of halogens is 1. The number of hydrogen-bond donors (Lipinski definition) is 1. The average Bonchev–Trinajstić information content (AvgIpc) is 2.97. The average molecular weight is 302 g/mol. The molecule has 22 heavy (non-hydrogen) atoms. The largest absolute Gasteiger partial charge is 0.332 e. The lowest BCUT2D eigenvalue weighted by molar-refractivity contribution is 0.0527. The van der Waals surface area contributed by atoms with Crippen molar-refractivity contribution in [1.29, 1.82) is 0 Å². The Balaban J connectivity index is 1.78. The fourth-order valence-corrected chi connectivity index (χ4v) is 2.80. The van der Waals surface area contributed by atoms with E-state index >= 15 is 0 Å². The minimum absolute atomic E-state index is 0.0403. The van der Waals surface area contributed by atoms with Gasteiger partial charge in [0.15, 0.2) is 0 Å². The summed E-state index contributed by atoms with van der Waals surface area (Å²) in [6.45, 7) is 4.49. The Morgan fingerprint density at radius 3 is 2.73 bits per heavy atom. The molecule has 1 atom stereocenters. The van der Waals surface area contributed by atoms with Crippen LogP contribution in [0.25, 0.3) is 11.3 Å². The van der Waals surface area contributed by atoms with Gasteiger partial charge in [0, 0.05) is 31.2 Å². The Morgan fingerprint density at radius 1 is 1.32 bits per heavy atom. The van der Waals surface area contributed by atoms with E-state index in [1.807, 2.05) is 11.8 Å². The number of carbonyl (C=O) groups excluding carboxylic acids is 1. The highest BCUT2D eigenvalue weighted by Crippen LogP contribution is 2.20. The van der Waals surface area contributed by atoms with Gasteiger partial charge in [0.1, 0.15) is 11.5 Å². The Kier molecular flexibility index (Phi) is 3.94. The van der Waals surface area contributed by atoms with Gasteiger partial charge < -0.3 is 9.80 Å². The number of amides is 1. The predicted octanol–water partition coefficient (Wildman–Crippen LogP) is 1.99. The van der Waals surface area contributed by atoms with Crippen LogP contribution in [-0.2, 0) is 0 Å². The second-order valence-electron chi connectivity index (χ2n) is 5.78. The number of nitrogens with zero attached hydrogens (tertiary/aromatic N) is 3. The van der Waals surface area contributed by atoms with Crippen LogP contribution in [-0.4, -0.2) is 58.6 Å². The summed E-state index contributed by atoms with van der Waals surface area (Å²) < 4.78 is 13.0. The molecule has 0 aliphatic carbocycles. The molecule has 0 saturated carbocycles. The van der Waals surface area contributed by atoms with Gasteiger partial charge >= 0.3 is 0 Å². The molecule has 116 valence electrons. The van der Waals surface area contributed by atoms with Crippen molar-refractivity contribution in [1.82, 2.24) is 20.0 Å². The van der Waals surface area contributed by atoms with Gasteiger partial charge in [-0.25, -0.2) is 4.39 Å². The van der Waals surface area contributed by atoms with Crippen molar-refractivity contribution in [2.45, 2.75) is 13.0 Å². The van der Waals surface area contributed by atoms with Crippen molar-refractivity contribution in [3.05, 3.63) is 41.8 Å². The molecular formula is C16H19FN4O. The van der Waals surface area contributed by atoms with Crippen molar-refractivity contribution in [2.24, 2.45) is 0 Å². The summed E-state index contributed by atoms with van der Waals surface area (Å²) in [7, 11) is 2.06. The first-order valence-electron chi connectivity index (χ1n) is 7.35. The predicted molar refractivity (Wildman–Crippen MR) is 82.0 cm³/mol. The zero-order chi connectivity index (χ0) is 15.7. The minimum Gasteiger partial charge on any atom is -0.332 e. The number of rotatable bonds is 2. The molecule has 1 N–H and O–H groups in total. The molecule has 1 amide bonds. The van der Waals surface area contributed by atoms with Crippen molar-refractivity contribution < 1.29 is 9.18 Å². The molecule has 3 rings (SSSR count). The maximum Gasteiger partial charge on any atom is 0.272 e. The lowest BCUT2D eigenvalue weighted by Gasteiger charge is -2.37. The number of nitrogens with one attached hydrogen (secondary N) is 1. The first-order chi connectivity index (χ1) is 10.5. The molecular weight excluding hydrogens is 283 g/mol. The van der Waals surface area contributed by atoms with Crippen molar-refractivity contribution >= 4 is 5.91 Å². The van der Waals surface area contributed by atoms with Gasteiger partial charge in [0.05, 0.1) is 5.69 Å². The zero-order valence-corrected chi connectivity index (χ0v) is 12.7. The molecule has 1 fully saturated rings. The van der Waals surface area contributed by atoms with Crippen molar-refractivity contribution in [2.75, 3.05) is 26.7 Å². The molecule has 0 radical (unpaired) electrons. The van der Waals surface area contributed by atoms with Crippen molar-refractivity contribution in [3.63, 3.8) is 0 Å². The van der Waals surface area contributed by atoms with E-state index in [4.69, 9.17) is 0 Å². The zero-order valence-electron chi connectivity index (χ0n) is 12.7. The van der Waals surface area contributed by atoms with Crippen LogP contribution in [0.2, 0.25) is 0 Å². The summed E-state index contributed by atoms with van der Waals surface area (Å²) in [5.74, 6) is -0.330. The first-order valence-corrected chi connectivity index (χ1v) is 7.35. The molecule has 1 aromatic carbocycles. The monoisotopic (exact) mass is 302 g/mol. The molecule has 0 spiro atoms. The maximum atomic E-state index is 13.0. The smallest absolute Gasteiger partial charge is 0.272 e. The molecule has 2 aromatic rings. The Labute approximate surface area is 128 Å². The highest BCUT2D eigenvalue weighted by molar-refractivity contribution is 5.93. The molecule has 5 nitrogen and oxygen atoms in total. The van der Waals surface area contributed by atoms with Crippen LogP contribution in [0.4, 0.5) is 4.39 Å². The lowest BCUT2D eigenvalue weighted by Crippen LogP contribution is -2.52. The van der Waals surface area contributed by atoms with E-state index in [0.29, 0.717) is 17.9 Å². The van der Waals surface area contributed by atoms with Crippen LogP contribution in [0, 0.1) is 5.82 Å². The summed E-state index contributed by atoms with van der Waals surface area (Å²) >= 11 is 0. The molecule has 1 saturated heterocycles. The third kappa shape index (κ3) is 2.87. The number of H-pyrrole nitrogens is 1. The summed E-state index contributed by atoms with van der Waals surface area (Å²) in [4.78, 5) is 16.7. The number of piperazine rings is 1. The van der Waals surface area contributed by atoms with E-state index in [9.17, 15) is 9.18 Å². The number of aromatic amines is 1. The minimum atomic E-state index is -0.290. The van der Waals surface area contributed by atoms with Crippen LogP contribution < -0.4 is 0 Å². The SMILES string of the molecule is C[C@H]1CN(C)CCN1C(=O)c1cc(-c2ccc(F)cc2)n[nH]1. The molecule has 1 aliphatic heterocycles. The highest BCUT2D eigenvalue weighted by atomic mass is 19.1. The Hall–Kier alpha value is -2.21. The lowest BCUT2D eigenvalue weighted by atomic mass is 10.1. The summed E-state index contributed by atoms with van der Waals surface area (Å²) in [6.07, 6.45) is 0. The van der Waals surface area contributed by atoms with Gasteiger partial charge in [-0.05, 0) is 44.3 Å². The Morgan fingerprint density at radius 2 is 2.05 bits per heavy atom. The van der Waals surface area contributed by atoms with E-state index in [2.05, 4.69) is 22.1 Å². The number of carbonyl (C=O) groups is 1. The Bertz CT molecular complexity index is 667. The van der Waals surface area contributed by atoms with E-state index < -0.39 is 0 Å². The standard InChI is InChI=1S/C16H19FN4O/c1-11-10-20(2)7-8-21(11)16(22)15-9-14(18-19-15)12-3-5-13(17)6-4-12/h3-6,9,11H,7-8,10H2,1-2H3,(H,18,19)/t11-/m0/s1. The van der Waals surface area contributed by atoms with Gasteiger partial charge in [0.2, 0.25) is 0 Å². The summed E-state index contributed by atoms with van der Waals surface area (Å²) in [6, 6.07) is 7.96. The molecule has 2 heterocycles. The van der Waals surface area contributed by atoms with E-state index in [1.165, 1.54) is 12.1 Å². The van der Waals surface area contributed by atoms with Gasteiger partial charge in [-0.1, -0.05) is 0 Å². The van der Waals surface area contributed by atoms with E-state index in [-0.39, 0.29) is 17.8 Å². The normalized spacial score (nSPS) is 19.4. The van der Waals surface area contributed by atoms with Gasteiger partial charge in [0.25, 0.3) is 5.91 Å². The topological polar surface area (TPSA) is 52.2 Å². The van der Waals surface area contributed by atoms with Crippen LogP contribution in [0.3, 0.4) is 0 Å². The summed E-state index contributed by atoms with van der Waals surface area (Å²) in [5.41, 5.74) is 1.89. The number of aromatic nitrogens is 2. The van der Waals surface area contributed by atoms with Gasteiger partial charge in [-0.2, -0.15) is 5.10 Å². The maximum absolute atomic E-state index is 13.0. The fourth-order valence-electron chi connectivity index (χ4n) is 2.80. The van der Waals surface area contributed by atoms with Crippen LogP contribution in [0.15, 0.2) is 30.3 Å². The van der Waals surface area contributed by atoms with Crippen LogP contribution >= 0.6 is 0 Å². The van der Waals surface area contributed by atoms with E-state index in [0.717, 1.165) is 18.7 Å². The number of hydrogen-bond acceptors (Lipinski definition) is 3. The van der Waals surface area contributed by atoms with Crippen molar-refractivity contribution in [3.8, 4) is 11.3 Å². The number of likely N-dealkylation sites (N-methyl/N-ethyl adjacent to an activating group) is 1. The molecule has 1 aromatic heterocycles. The third-order valence-electron chi connectivity index (χ3n) is 4.04. The highest BCUT2D eigenvalue weighted by Gasteiger charge is 2.27. The van der Waals surface area contributed by atoms with Crippen LogP contribution in [0.5, 0.6) is 0 Å². The third-order valence-corrected chi connectivity index (χ3v) is 4.04. The second kappa shape index (κ2) is 5.88. The molecule has 6 heteroatoms. The summed E-state index contributed by atoms with van der Waals surface area (Å²) in [5, 5.41) is 6.97. The molecule has 0 unspecified atom stereocenters. The molecule has 1 aliphatic rings. The second-order valence-corrected chi connectivity index (χ2v) is 5.78. The van der Waals surface area contributed by atoms with Gasteiger partial charge in [-0.15, -0.1) is 0 Å². The van der Waals surface area contributed by atoms with E-state index in [1.54, 1.807) is 18.2 Å².